The number of hydrogen-bond acceptors (Lipinski definition) is 3. The Balaban J connectivity index is 0. The molecule has 4 N–H and O–H groups in total. The first-order valence-corrected chi connectivity index (χ1v) is 4.83. The highest BCUT2D eigenvalue weighted by molar-refractivity contribution is 7.79. The summed E-state index contributed by atoms with van der Waals surface area (Å²) in [6.45, 7) is 2.05. The zero-order valence-electron chi connectivity index (χ0n) is 7.17. The Labute approximate surface area is 77.0 Å². The van der Waals surface area contributed by atoms with Gasteiger partial charge in [-0.1, -0.05) is 19.4 Å². The number of primary amides is 1. The summed E-state index contributed by atoms with van der Waals surface area (Å²) in [5, 5.41) is 0. The quantitative estimate of drug-likeness (QED) is 0.454. The van der Waals surface area contributed by atoms with Gasteiger partial charge in [-0.25, -0.2) is 0 Å². The van der Waals surface area contributed by atoms with Crippen molar-refractivity contribution in [3.05, 3.63) is 12.2 Å². The molecule has 0 rings (SSSR count). The lowest BCUT2D eigenvalue weighted by molar-refractivity contribution is -0.113. The summed E-state index contributed by atoms with van der Waals surface area (Å²) in [6.07, 6.45) is 5.17. The lowest BCUT2D eigenvalue weighted by Crippen LogP contribution is -2.05. The van der Waals surface area contributed by atoms with Gasteiger partial charge in [-0.15, -0.1) is 0 Å². The van der Waals surface area contributed by atoms with Crippen LogP contribution in [0, 0.1) is 0 Å². The Bertz CT molecular complexity index is 248. The summed E-state index contributed by atoms with van der Waals surface area (Å²) in [5.41, 5.74) is 4.81. The van der Waals surface area contributed by atoms with E-state index in [1.807, 2.05) is 6.92 Å². The smallest absolute Gasteiger partial charge is 0.366 e. The van der Waals surface area contributed by atoms with E-state index in [0.29, 0.717) is 0 Å². The van der Waals surface area contributed by atoms with Crippen LogP contribution in [0.2, 0.25) is 0 Å². The Morgan fingerprint density at radius 2 is 1.85 bits per heavy atom. The molecule has 0 saturated heterocycles. The van der Waals surface area contributed by atoms with Crippen LogP contribution < -0.4 is 5.73 Å². The molecule has 0 atom stereocenters. The van der Waals surface area contributed by atoms with E-state index in [4.69, 9.17) is 23.3 Å². The fourth-order valence-electron chi connectivity index (χ4n) is 0.366. The molecule has 0 aliphatic rings. The van der Waals surface area contributed by atoms with Crippen LogP contribution in [-0.2, 0) is 15.2 Å². The van der Waals surface area contributed by atoms with Crippen molar-refractivity contribution in [1.82, 2.24) is 0 Å². The highest BCUT2D eigenvalue weighted by atomic mass is 32.3. The SMILES string of the molecule is CCCC=CC(N)=O.O=S(=O)(O)O. The van der Waals surface area contributed by atoms with Crippen molar-refractivity contribution in [2.45, 2.75) is 19.8 Å². The standard InChI is InChI=1S/C6H11NO.H2O4S/c1-2-3-4-5-6(7)8;1-5(2,3)4/h4-5H,2-3H2,1H3,(H2,7,8);(H2,1,2,3,4). The average Bonchev–Trinajstić information content (AvgIpc) is 1.83. The van der Waals surface area contributed by atoms with Crippen molar-refractivity contribution >= 4 is 16.3 Å². The Morgan fingerprint density at radius 3 is 2.08 bits per heavy atom. The van der Waals surface area contributed by atoms with Crippen molar-refractivity contribution in [2.24, 2.45) is 5.73 Å². The van der Waals surface area contributed by atoms with E-state index in [1.165, 1.54) is 6.08 Å². The maximum Gasteiger partial charge on any atom is 0.394 e. The number of hydrogen-bond donors (Lipinski definition) is 3. The summed E-state index contributed by atoms with van der Waals surface area (Å²) in [7, 11) is -4.67. The second-order valence-corrected chi connectivity index (χ2v) is 2.94. The third kappa shape index (κ3) is 54.9. The second kappa shape index (κ2) is 7.71. The van der Waals surface area contributed by atoms with E-state index in [1.54, 1.807) is 6.08 Å². The van der Waals surface area contributed by atoms with Gasteiger partial charge in [-0.2, -0.15) is 8.42 Å². The number of amides is 1. The highest BCUT2D eigenvalue weighted by Gasteiger charge is 1.84. The molecule has 0 aliphatic heterocycles. The van der Waals surface area contributed by atoms with E-state index < -0.39 is 10.4 Å². The molecule has 0 aromatic heterocycles. The number of carbonyl (C=O) groups is 1. The largest absolute Gasteiger partial charge is 0.394 e. The lowest BCUT2D eigenvalue weighted by atomic mass is 10.3. The summed E-state index contributed by atoms with van der Waals surface area (Å²) >= 11 is 0. The Hall–Kier alpha value is -0.920. The van der Waals surface area contributed by atoms with Crippen LogP contribution in [0.5, 0.6) is 0 Å². The Kier molecular flexibility index (Phi) is 8.66. The normalized spacial score (nSPS) is 10.7. The van der Waals surface area contributed by atoms with Gasteiger partial charge < -0.3 is 5.73 Å². The monoisotopic (exact) mass is 211 g/mol. The number of allylic oxidation sites excluding steroid dienone is 1. The minimum absolute atomic E-state index is 0.363. The van der Waals surface area contributed by atoms with Gasteiger partial charge in [0.15, 0.2) is 0 Å². The molecule has 13 heavy (non-hydrogen) atoms. The fraction of sp³-hybridized carbons (Fsp3) is 0.500. The van der Waals surface area contributed by atoms with Crippen molar-refractivity contribution in [3.63, 3.8) is 0 Å². The van der Waals surface area contributed by atoms with E-state index in [9.17, 15) is 4.79 Å². The Morgan fingerprint density at radius 1 is 1.46 bits per heavy atom. The summed E-state index contributed by atoms with van der Waals surface area (Å²) < 4.78 is 31.6. The van der Waals surface area contributed by atoms with Crippen LogP contribution in [0.25, 0.3) is 0 Å². The predicted octanol–water partition coefficient (Wildman–Crippen LogP) is 0.175. The average molecular weight is 211 g/mol. The molecule has 0 aromatic rings. The first-order chi connectivity index (χ1) is 5.77. The first kappa shape index (κ1) is 14.6. The van der Waals surface area contributed by atoms with Crippen LogP contribution in [-0.4, -0.2) is 23.4 Å². The van der Waals surface area contributed by atoms with Crippen LogP contribution in [0.4, 0.5) is 0 Å². The second-order valence-electron chi connectivity index (χ2n) is 2.04. The molecular weight excluding hydrogens is 198 g/mol. The third-order valence-electron chi connectivity index (χ3n) is 0.737. The minimum Gasteiger partial charge on any atom is -0.366 e. The molecule has 0 aliphatic carbocycles. The zero-order chi connectivity index (χ0) is 10.9. The van der Waals surface area contributed by atoms with E-state index >= 15 is 0 Å². The minimum atomic E-state index is -4.67. The van der Waals surface area contributed by atoms with E-state index in [-0.39, 0.29) is 5.91 Å². The van der Waals surface area contributed by atoms with Crippen LogP contribution >= 0.6 is 0 Å². The van der Waals surface area contributed by atoms with Gasteiger partial charge in [0.05, 0.1) is 0 Å². The van der Waals surface area contributed by atoms with E-state index in [0.717, 1.165) is 12.8 Å². The molecule has 6 nitrogen and oxygen atoms in total. The first-order valence-electron chi connectivity index (χ1n) is 3.43. The maximum atomic E-state index is 10.0. The molecule has 0 bridgehead atoms. The molecule has 0 spiro atoms. The van der Waals surface area contributed by atoms with Crippen molar-refractivity contribution in [2.75, 3.05) is 0 Å². The van der Waals surface area contributed by atoms with Gasteiger partial charge in [0.2, 0.25) is 5.91 Å². The predicted molar refractivity (Wildman–Crippen MR) is 47.4 cm³/mol. The molecule has 7 heteroatoms. The number of rotatable bonds is 3. The molecule has 0 aromatic carbocycles. The number of nitrogens with two attached hydrogens (primary N) is 1. The van der Waals surface area contributed by atoms with Gasteiger partial charge >= 0.3 is 10.4 Å². The van der Waals surface area contributed by atoms with Gasteiger partial charge in [0, 0.05) is 0 Å². The molecular formula is C6H13NO5S. The summed E-state index contributed by atoms with van der Waals surface area (Å²) in [5.74, 6) is -0.363. The van der Waals surface area contributed by atoms with E-state index in [2.05, 4.69) is 0 Å². The van der Waals surface area contributed by atoms with Crippen LogP contribution in [0.1, 0.15) is 19.8 Å². The van der Waals surface area contributed by atoms with Gasteiger partial charge in [0.25, 0.3) is 0 Å². The number of carbonyl (C=O) groups excluding carboxylic acids is 1. The molecule has 0 radical (unpaired) electrons. The fourth-order valence-corrected chi connectivity index (χ4v) is 0.366. The summed E-state index contributed by atoms with van der Waals surface area (Å²) in [4.78, 5) is 10.0. The van der Waals surface area contributed by atoms with Gasteiger partial charge in [-0.05, 0) is 12.5 Å². The molecule has 78 valence electrons. The lowest BCUT2D eigenvalue weighted by Gasteiger charge is -1.80. The van der Waals surface area contributed by atoms with Crippen molar-refractivity contribution < 1.29 is 22.3 Å². The van der Waals surface area contributed by atoms with Crippen LogP contribution in [0.15, 0.2) is 12.2 Å². The maximum absolute atomic E-state index is 10.0. The van der Waals surface area contributed by atoms with Gasteiger partial charge in [-0.3, -0.25) is 13.9 Å². The van der Waals surface area contributed by atoms with Crippen LogP contribution in [0.3, 0.4) is 0 Å². The molecule has 0 heterocycles. The van der Waals surface area contributed by atoms with Gasteiger partial charge in [0.1, 0.15) is 0 Å². The third-order valence-corrected chi connectivity index (χ3v) is 0.737. The topological polar surface area (TPSA) is 118 Å². The van der Waals surface area contributed by atoms with Crippen molar-refractivity contribution in [3.8, 4) is 0 Å². The molecule has 0 fully saturated rings. The number of unbranched alkanes of at least 4 members (excludes halogenated alkanes) is 1. The summed E-state index contributed by atoms with van der Waals surface area (Å²) in [6, 6.07) is 0. The highest BCUT2D eigenvalue weighted by Crippen LogP contribution is 1.86. The molecule has 1 amide bonds. The zero-order valence-corrected chi connectivity index (χ0v) is 7.99. The molecule has 0 saturated carbocycles. The van der Waals surface area contributed by atoms with Crippen molar-refractivity contribution in [1.29, 1.82) is 0 Å². The molecule has 0 unspecified atom stereocenters.